The third-order valence-electron chi connectivity index (χ3n) is 2.18. The van der Waals surface area contributed by atoms with Crippen LogP contribution < -0.4 is 11.3 Å². The highest BCUT2D eigenvalue weighted by Crippen LogP contribution is 2.25. The minimum absolute atomic E-state index is 0.312. The van der Waals surface area contributed by atoms with Gasteiger partial charge in [-0.3, -0.25) is 4.99 Å². The smallest absolute Gasteiger partial charge is 0.144 e. The average molecular weight is 228 g/mol. The van der Waals surface area contributed by atoms with Crippen molar-refractivity contribution in [1.82, 2.24) is 5.43 Å². The zero-order chi connectivity index (χ0) is 10.8. The summed E-state index contributed by atoms with van der Waals surface area (Å²) in [4.78, 5) is 4.34. The topological polar surface area (TPSA) is 50.4 Å². The predicted molar refractivity (Wildman–Crippen MR) is 58.3 cm³/mol. The van der Waals surface area contributed by atoms with E-state index in [1.54, 1.807) is 6.07 Å². The Morgan fingerprint density at radius 1 is 1.53 bits per heavy atom. The lowest BCUT2D eigenvalue weighted by molar-refractivity contribution is 0.628. The number of hydrazine groups is 1. The van der Waals surface area contributed by atoms with Crippen molar-refractivity contribution in [1.29, 1.82) is 0 Å². The first kappa shape index (κ1) is 10.4. The molecule has 1 aliphatic rings. The molecule has 1 aromatic carbocycles. The summed E-state index contributed by atoms with van der Waals surface area (Å²) in [6, 6.07) is 4.48. The van der Waals surface area contributed by atoms with Gasteiger partial charge in [-0.25, -0.2) is 10.2 Å². The molecule has 5 heteroatoms. The highest BCUT2D eigenvalue weighted by molar-refractivity contribution is 6.34. The van der Waals surface area contributed by atoms with Crippen LogP contribution >= 0.6 is 11.6 Å². The number of aliphatic imine (C=N–C) groups is 1. The highest BCUT2D eigenvalue weighted by atomic mass is 35.5. The number of hydrogen-bond acceptors (Lipinski definition) is 2. The largest absolute Gasteiger partial charge is 0.308 e. The van der Waals surface area contributed by atoms with Gasteiger partial charge < -0.3 is 5.43 Å². The maximum Gasteiger partial charge on any atom is 0.144 e. The molecule has 0 atom stereocenters. The summed E-state index contributed by atoms with van der Waals surface area (Å²) in [5, 5.41) is 0.312. The molecule has 1 aromatic rings. The third-order valence-corrected chi connectivity index (χ3v) is 2.49. The Hall–Kier alpha value is -1.13. The molecule has 0 spiro atoms. The van der Waals surface area contributed by atoms with Crippen LogP contribution in [0, 0.1) is 5.82 Å². The minimum atomic E-state index is -0.369. The van der Waals surface area contributed by atoms with Crippen LogP contribution in [0.4, 0.5) is 4.39 Å². The molecule has 3 N–H and O–H groups in total. The van der Waals surface area contributed by atoms with Crippen LogP contribution in [0.1, 0.15) is 18.4 Å². The zero-order valence-corrected chi connectivity index (χ0v) is 8.76. The summed E-state index contributed by atoms with van der Waals surface area (Å²) in [6.45, 7) is 0. The molecule has 1 aliphatic carbocycles. The quantitative estimate of drug-likeness (QED) is 0.351. The summed E-state index contributed by atoms with van der Waals surface area (Å²) in [6.07, 6.45) is 2.15. The van der Waals surface area contributed by atoms with E-state index in [4.69, 9.17) is 17.4 Å². The first-order valence-electron chi connectivity index (χ1n) is 4.70. The molecule has 0 heterocycles. The molecular formula is C10H11ClFN3. The summed E-state index contributed by atoms with van der Waals surface area (Å²) in [5.41, 5.74) is 3.12. The molecule has 0 unspecified atom stereocenters. The second kappa shape index (κ2) is 4.16. The molecule has 0 radical (unpaired) electrons. The zero-order valence-electron chi connectivity index (χ0n) is 8.00. The molecule has 0 saturated heterocycles. The van der Waals surface area contributed by atoms with Crippen LogP contribution in [0.5, 0.6) is 0 Å². The Morgan fingerprint density at radius 2 is 2.27 bits per heavy atom. The van der Waals surface area contributed by atoms with E-state index in [0.717, 1.165) is 12.8 Å². The molecular weight excluding hydrogens is 217 g/mol. The summed E-state index contributed by atoms with van der Waals surface area (Å²) >= 11 is 5.89. The second-order valence-corrected chi connectivity index (χ2v) is 3.88. The van der Waals surface area contributed by atoms with Crippen LogP contribution in [0.3, 0.4) is 0 Å². The van der Waals surface area contributed by atoms with E-state index in [-0.39, 0.29) is 5.82 Å². The molecule has 0 amide bonds. The molecule has 0 aromatic heterocycles. The highest BCUT2D eigenvalue weighted by Gasteiger charge is 2.21. The molecule has 15 heavy (non-hydrogen) atoms. The number of nitrogens with one attached hydrogen (secondary N) is 1. The fourth-order valence-corrected chi connectivity index (χ4v) is 1.51. The molecule has 1 saturated carbocycles. The standard InChI is InChI=1S/C10H11ClFN3/c11-9-5-6(12)1-4-8(9)10(15-13)14-7-2-3-7/h1,4-5,7H,2-3,13H2,(H,14,15). The maximum atomic E-state index is 12.8. The third kappa shape index (κ3) is 2.46. The maximum absolute atomic E-state index is 12.8. The van der Waals surface area contributed by atoms with Gasteiger partial charge in [-0.15, -0.1) is 0 Å². The molecule has 80 valence electrons. The Bertz CT molecular complexity index is 402. The average Bonchev–Trinajstić information content (AvgIpc) is 2.99. The van der Waals surface area contributed by atoms with Gasteiger partial charge in [0.2, 0.25) is 0 Å². The summed E-state index contributed by atoms with van der Waals surface area (Å²) in [5.74, 6) is 5.50. The van der Waals surface area contributed by atoms with E-state index in [9.17, 15) is 4.39 Å². The molecule has 2 rings (SSSR count). The van der Waals surface area contributed by atoms with Gasteiger partial charge in [-0.1, -0.05) is 11.6 Å². The van der Waals surface area contributed by atoms with Crippen LogP contribution in [0.15, 0.2) is 23.2 Å². The number of amidine groups is 1. The van der Waals surface area contributed by atoms with Crippen molar-refractivity contribution in [3.05, 3.63) is 34.6 Å². The van der Waals surface area contributed by atoms with Crippen molar-refractivity contribution in [3.8, 4) is 0 Å². The Labute approximate surface area is 92.1 Å². The van der Waals surface area contributed by atoms with E-state index in [2.05, 4.69) is 10.4 Å². The first-order chi connectivity index (χ1) is 7.20. The Balaban J connectivity index is 2.33. The van der Waals surface area contributed by atoms with E-state index >= 15 is 0 Å². The number of rotatable bonds is 2. The molecule has 0 aliphatic heterocycles. The number of hydrogen-bond donors (Lipinski definition) is 2. The normalized spacial score (nSPS) is 16.6. The van der Waals surface area contributed by atoms with Gasteiger partial charge in [0.25, 0.3) is 0 Å². The van der Waals surface area contributed by atoms with E-state index in [0.29, 0.717) is 22.5 Å². The minimum Gasteiger partial charge on any atom is -0.308 e. The van der Waals surface area contributed by atoms with Gasteiger partial charge in [0.05, 0.1) is 11.1 Å². The number of halogens is 2. The lowest BCUT2D eigenvalue weighted by atomic mass is 10.2. The molecule has 1 fully saturated rings. The number of nitrogens with zero attached hydrogens (tertiary/aromatic N) is 1. The van der Waals surface area contributed by atoms with Crippen molar-refractivity contribution >= 4 is 17.4 Å². The van der Waals surface area contributed by atoms with Crippen LogP contribution in [0.2, 0.25) is 5.02 Å². The van der Waals surface area contributed by atoms with Crippen molar-refractivity contribution in [2.45, 2.75) is 18.9 Å². The fourth-order valence-electron chi connectivity index (χ4n) is 1.25. The van der Waals surface area contributed by atoms with Gasteiger partial charge in [-0.05, 0) is 31.0 Å². The SMILES string of the molecule is NNC(=NC1CC1)c1ccc(F)cc1Cl. The van der Waals surface area contributed by atoms with Crippen LogP contribution in [-0.4, -0.2) is 11.9 Å². The fraction of sp³-hybridized carbons (Fsp3) is 0.300. The monoisotopic (exact) mass is 227 g/mol. The van der Waals surface area contributed by atoms with Crippen LogP contribution in [0.25, 0.3) is 0 Å². The number of benzene rings is 1. The van der Waals surface area contributed by atoms with Gasteiger partial charge >= 0.3 is 0 Å². The van der Waals surface area contributed by atoms with E-state index in [1.165, 1.54) is 12.1 Å². The van der Waals surface area contributed by atoms with Crippen molar-refractivity contribution < 1.29 is 4.39 Å². The summed E-state index contributed by atoms with van der Waals surface area (Å²) in [7, 11) is 0. The lowest BCUT2D eigenvalue weighted by Gasteiger charge is -2.07. The number of nitrogens with two attached hydrogens (primary N) is 1. The summed E-state index contributed by atoms with van der Waals surface area (Å²) < 4.78 is 12.8. The van der Waals surface area contributed by atoms with E-state index < -0.39 is 0 Å². The van der Waals surface area contributed by atoms with Gasteiger partial charge in [0, 0.05) is 5.56 Å². The van der Waals surface area contributed by atoms with Gasteiger partial charge in [-0.2, -0.15) is 0 Å². The van der Waals surface area contributed by atoms with Gasteiger partial charge in [0.1, 0.15) is 11.7 Å². The Kier molecular flexibility index (Phi) is 2.88. The van der Waals surface area contributed by atoms with Crippen molar-refractivity contribution in [2.75, 3.05) is 0 Å². The second-order valence-electron chi connectivity index (χ2n) is 3.48. The Morgan fingerprint density at radius 3 is 2.80 bits per heavy atom. The molecule has 3 nitrogen and oxygen atoms in total. The van der Waals surface area contributed by atoms with Gasteiger partial charge in [0.15, 0.2) is 0 Å². The van der Waals surface area contributed by atoms with E-state index in [1.807, 2.05) is 0 Å². The molecule has 0 bridgehead atoms. The first-order valence-corrected chi connectivity index (χ1v) is 5.08. The predicted octanol–water partition coefficient (Wildman–Crippen LogP) is 1.85. The van der Waals surface area contributed by atoms with Crippen LogP contribution in [-0.2, 0) is 0 Å². The van der Waals surface area contributed by atoms with Crippen molar-refractivity contribution in [2.24, 2.45) is 10.8 Å². The lowest BCUT2D eigenvalue weighted by Crippen LogP contribution is -2.31. The van der Waals surface area contributed by atoms with Crippen molar-refractivity contribution in [3.63, 3.8) is 0 Å².